The summed E-state index contributed by atoms with van der Waals surface area (Å²) in [4.78, 5) is 2.29. The number of rotatable bonds is 3. The molecule has 2 N–H and O–H groups in total. The van der Waals surface area contributed by atoms with Crippen LogP contribution >= 0.6 is 11.6 Å². The van der Waals surface area contributed by atoms with Gasteiger partial charge in [-0.2, -0.15) is 0 Å². The third kappa shape index (κ3) is 2.23. The normalized spacial score (nSPS) is 17.1. The molecule has 2 aromatic carbocycles. The Kier molecular flexibility index (Phi) is 3.55. The van der Waals surface area contributed by atoms with Crippen molar-refractivity contribution in [2.24, 2.45) is 5.73 Å². The number of hydrogen-bond acceptors (Lipinski definition) is 3. The van der Waals surface area contributed by atoms with Crippen LogP contribution in [0.15, 0.2) is 42.5 Å². The Balaban J connectivity index is 2.00. The Morgan fingerprint density at radius 3 is 2.85 bits per heavy atom. The average Bonchev–Trinajstić information content (AvgIpc) is 2.84. The molecule has 1 aliphatic rings. The van der Waals surface area contributed by atoms with Crippen LogP contribution in [-0.4, -0.2) is 13.7 Å². The molecule has 0 aromatic heterocycles. The molecule has 104 valence electrons. The number of halogens is 1. The van der Waals surface area contributed by atoms with Crippen molar-refractivity contribution in [1.29, 1.82) is 0 Å². The molecular weight excluding hydrogens is 272 g/mol. The van der Waals surface area contributed by atoms with Gasteiger partial charge in [-0.25, -0.2) is 0 Å². The van der Waals surface area contributed by atoms with Gasteiger partial charge in [0.1, 0.15) is 5.75 Å². The van der Waals surface area contributed by atoms with E-state index in [1.807, 2.05) is 24.3 Å². The van der Waals surface area contributed by atoms with Gasteiger partial charge in [0.25, 0.3) is 0 Å². The lowest BCUT2D eigenvalue weighted by atomic mass is 10.0. The first-order chi connectivity index (χ1) is 9.72. The molecule has 3 rings (SSSR count). The van der Waals surface area contributed by atoms with Crippen molar-refractivity contribution in [3.63, 3.8) is 0 Å². The van der Waals surface area contributed by atoms with Crippen molar-refractivity contribution in [2.75, 3.05) is 18.6 Å². The van der Waals surface area contributed by atoms with Crippen LogP contribution in [0.4, 0.5) is 5.69 Å². The summed E-state index contributed by atoms with van der Waals surface area (Å²) in [6, 6.07) is 14.2. The smallest absolute Gasteiger partial charge is 0.119 e. The van der Waals surface area contributed by atoms with Crippen LogP contribution in [0.2, 0.25) is 5.02 Å². The summed E-state index contributed by atoms with van der Waals surface area (Å²) in [6.45, 7) is 1.41. The summed E-state index contributed by atoms with van der Waals surface area (Å²) in [5, 5.41) is 0.742. The third-order valence-electron chi connectivity index (χ3n) is 3.79. The molecule has 0 radical (unpaired) electrons. The molecule has 0 amide bonds. The average molecular weight is 289 g/mol. The highest BCUT2D eigenvalue weighted by molar-refractivity contribution is 6.30. The van der Waals surface area contributed by atoms with Crippen LogP contribution in [0, 0.1) is 0 Å². The molecule has 0 bridgehead atoms. The molecule has 4 heteroatoms. The van der Waals surface area contributed by atoms with E-state index >= 15 is 0 Å². The van der Waals surface area contributed by atoms with E-state index in [9.17, 15) is 0 Å². The quantitative estimate of drug-likeness (QED) is 0.941. The van der Waals surface area contributed by atoms with Crippen molar-refractivity contribution in [3.8, 4) is 5.75 Å². The van der Waals surface area contributed by atoms with E-state index in [2.05, 4.69) is 23.1 Å². The Morgan fingerprint density at radius 1 is 1.30 bits per heavy atom. The predicted molar refractivity (Wildman–Crippen MR) is 82.4 cm³/mol. The van der Waals surface area contributed by atoms with E-state index < -0.39 is 0 Å². The van der Waals surface area contributed by atoms with E-state index in [0.29, 0.717) is 6.54 Å². The number of nitrogens with zero attached hydrogens (tertiary/aromatic N) is 1. The summed E-state index contributed by atoms with van der Waals surface area (Å²) < 4.78 is 5.31. The van der Waals surface area contributed by atoms with Gasteiger partial charge in [-0.3, -0.25) is 0 Å². The van der Waals surface area contributed by atoms with Crippen LogP contribution < -0.4 is 15.4 Å². The van der Waals surface area contributed by atoms with Gasteiger partial charge in [-0.1, -0.05) is 23.7 Å². The molecular formula is C16H17ClN2O. The minimum atomic E-state index is 0.165. The van der Waals surface area contributed by atoms with Crippen molar-refractivity contribution in [1.82, 2.24) is 0 Å². The summed E-state index contributed by atoms with van der Waals surface area (Å²) in [5.41, 5.74) is 9.63. The molecule has 2 aromatic rings. The van der Waals surface area contributed by atoms with Gasteiger partial charge in [-0.15, -0.1) is 0 Å². The van der Waals surface area contributed by atoms with E-state index in [1.54, 1.807) is 7.11 Å². The van der Waals surface area contributed by atoms with Gasteiger partial charge in [-0.05, 0) is 41.5 Å². The monoisotopic (exact) mass is 288 g/mol. The molecule has 0 fully saturated rings. The summed E-state index contributed by atoms with van der Waals surface area (Å²) in [5.74, 6) is 0.871. The van der Waals surface area contributed by atoms with Gasteiger partial charge < -0.3 is 15.4 Å². The van der Waals surface area contributed by atoms with E-state index in [-0.39, 0.29) is 6.04 Å². The third-order valence-corrected chi connectivity index (χ3v) is 4.03. The molecule has 0 aliphatic carbocycles. The topological polar surface area (TPSA) is 38.5 Å². The Morgan fingerprint density at radius 2 is 2.15 bits per heavy atom. The number of fused-ring (bicyclic) bond motifs is 1. The van der Waals surface area contributed by atoms with Crippen LogP contribution in [0.1, 0.15) is 17.2 Å². The lowest BCUT2D eigenvalue weighted by molar-refractivity contribution is 0.414. The van der Waals surface area contributed by atoms with E-state index in [1.165, 1.54) is 11.1 Å². The molecule has 1 aliphatic heterocycles. The highest BCUT2D eigenvalue weighted by Gasteiger charge is 2.29. The zero-order valence-corrected chi connectivity index (χ0v) is 12.1. The number of nitrogens with two attached hydrogens (primary N) is 1. The molecule has 0 spiro atoms. The number of benzene rings is 2. The molecule has 1 heterocycles. The Hall–Kier alpha value is -1.71. The fourth-order valence-corrected chi connectivity index (χ4v) is 2.98. The zero-order chi connectivity index (χ0) is 14.1. The second kappa shape index (κ2) is 5.35. The highest BCUT2D eigenvalue weighted by atomic mass is 35.5. The maximum Gasteiger partial charge on any atom is 0.119 e. The maximum atomic E-state index is 6.10. The first kappa shape index (κ1) is 13.3. The largest absolute Gasteiger partial charge is 0.497 e. The fraction of sp³-hybridized carbons (Fsp3) is 0.250. The van der Waals surface area contributed by atoms with E-state index in [0.717, 1.165) is 23.0 Å². The van der Waals surface area contributed by atoms with Gasteiger partial charge in [0, 0.05) is 23.8 Å². The van der Waals surface area contributed by atoms with Crippen LogP contribution in [0.3, 0.4) is 0 Å². The molecule has 0 saturated carbocycles. The predicted octanol–water partition coefficient (Wildman–Crippen LogP) is 3.37. The lowest BCUT2D eigenvalue weighted by Gasteiger charge is -2.26. The van der Waals surface area contributed by atoms with Crippen LogP contribution in [-0.2, 0) is 6.54 Å². The Labute approximate surface area is 123 Å². The summed E-state index contributed by atoms with van der Waals surface area (Å²) in [6.07, 6.45) is 0. The van der Waals surface area contributed by atoms with Gasteiger partial charge in [0.2, 0.25) is 0 Å². The van der Waals surface area contributed by atoms with Crippen molar-refractivity contribution in [2.45, 2.75) is 12.6 Å². The second-order valence-corrected chi connectivity index (χ2v) is 5.36. The van der Waals surface area contributed by atoms with Crippen molar-refractivity contribution < 1.29 is 4.74 Å². The second-order valence-electron chi connectivity index (χ2n) is 4.92. The standard InChI is InChI=1S/C16H17ClN2O/c1-20-14-6-5-11-10-19(16(9-18)15(11)8-14)13-4-2-3-12(17)7-13/h2-8,16H,9-10,18H2,1H3. The molecule has 0 saturated heterocycles. The van der Waals surface area contributed by atoms with Gasteiger partial charge >= 0.3 is 0 Å². The van der Waals surface area contributed by atoms with Crippen molar-refractivity contribution >= 4 is 17.3 Å². The summed E-state index contributed by atoms with van der Waals surface area (Å²) in [7, 11) is 1.68. The molecule has 1 atom stereocenters. The van der Waals surface area contributed by atoms with Gasteiger partial charge in [0.05, 0.1) is 13.2 Å². The zero-order valence-electron chi connectivity index (χ0n) is 11.3. The van der Waals surface area contributed by atoms with Crippen LogP contribution in [0.5, 0.6) is 5.75 Å². The van der Waals surface area contributed by atoms with Gasteiger partial charge in [0.15, 0.2) is 0 Å². The maximum absolute atomic E-state index is 6.10. The molecule has 1 unspecified atom stereocenters. The number of methoxy groups -OCH3 is 1. The SMILES string of the molecule is COc1ccc2c(c1)C(CN)N(c1cccc(Cl)c1)C2. The first-order valence-electron chi connectivity index (χ1n) is 6.62. The molecule has 20 heavy (non-hydrogen) atoms. The fourth-order valence-electron chi connectivity index (χ4n) is 2.80. The number of anilines is 1. The lowest BCUT2D eigenvalue weighted by Crippen LogP contribution is -2.27. The Bertz CT molecular complexity index is 630. The van der Waals surface area contributed by atoms with Crippen molar-refractivity contribution in [3.05, 3.63) is 58.6 Å². The van der Waals surface area contributed by atoms with Crippen LogP contribution in [0.25, 0.3) is 0 Å². The highest BCUT2D eigenvalue weighted by Crippen LogP contribution is 2.39. The molecule has 3 nitrogen and oxygen atoms in total. The number of hydrogen-bond donors (Lipinski definition) is 1. The first-order valence-corrected chi connectivity index (χ1v) is 7.00. The number of ether oxygens (including phenoxy) is 1. The summed E-state index contributed by atoms with van der Waals surface area (Å²) >= 11 is 6.10. The minimum Gasteiger partial charge on any atom is -0.497 e. The van der Waals surface area contributed by atoms with E-state index in [4.69, 9.17) is 22.1 Å². The minimum absolute atomic E-state index is 0.165.